The van der Waals surface area contributed by atoms with Crippen LogP contribution >= 0.6 is 22.6 Å². The summed E-state index contributed by atoms with van der Waals surface area (Å²) in [4.78, 5) is 0. The number of ether oxygens (including phenoxy) is 1. The quantitative estimate of drug-likeness (QED) is 0.449. The molecule has 4 atom stereocenters. The van der Waals surface area contributed by atoms with E-state index in [1.807, 2.05) is 0 Å². The first kappa shape index (κ1) is 10.7. The van der Waals surface area contributed by atoms with Gasteiger partial charge in [0.25, 0.3) is 0 Å². The highest BCUT2D eigenvalue weighted by Crippen LogP contribution is 2.28. The summed E-state index contributed by atoms with van der Waals surface area (Å²) in [6, 6.07) is 0.218. The molecule has 0 saturated heterocycles. The van der Waals surface area contributed by atoms with E-state index >= 15 is 0 Å². The zero-order valence-electron chi connectivity index (χ0n) is 7.37. The first-order chi connectivity index (χ1) is 5.65. The van der Waals surface area contributed by atoms with E-state index in [2.05, 4.69) is 22.6 Å². The predicted molar refractivity (Wildman–Crippen MR) is 58.1 cm³/mol. The molecule has 0 aromatic carbocycles. The Hall–Kier alpha value is 0.610. The predicted octanol–water partition coefficient (Wildman–Crippen LogP) is 0.849. The Kier molecular flexibility index (Phi) is 4.22. The van der Waals surface area contributed by atoms with Gasteiger partial charge in [-0.3, -0.25) is 0 Å². The molecule has 1 fully saturated rings. The number of hydrogen-bond donors (Lipinski definition) is 2. The maximum Gasteiger partial charge on any atom is 0.0612 e. The molecule has 0 amide bonds. The lowest BCUT2D eigenvalue weighted by molar-refractivity contribution is 0.0483. The molecular weight excluding hydrogens is 267 g/mol. The third-order valence-corrected chi connectivity index (χ3v) is 3.57. The third kappa shape index (κ3) is 2.55. The van der Waals surface area contributed by atoms with Gasteiger partial charge in [-0.1, -0.05) is 22.6 Å². The largest absolute Gasteiger partial charge is 0.381 e. The Labute approximate surface area is 87.3 Å². The second-order valence-corrected chi connectivity index (χ2v) is 4.88. The zero-order chi connectivity index (χ0) is 9.14. The van der Waals surface area contributed by atoms with Crippen molar-refractivity contribution in [2.75, 3.05) is 7.11 Å². The molecule has 4 N–H and O–H groups in total. The van der Waals surface area contributed by atoms with Crippen LogP contribution in [0.25, 0.3) is 0 Å². The molecule has 0 heterocycles. The lowest BCUT2D eigenvalue weighted by atomic mass is 9.83. The second kappa shape index (κ2) is 4.74. The first-order valence-corrected chi connectivity index (χ1v) is 5.57. The van der Waals surface area contributed by atoms with Crippen LogP contribution in [0.15, 0.2) is 0 Å². The molecule has 3 nitrogen and oxygen atoms in total. The van der Waals surface area contributed by atoms with E-state index in [-0.39, 0.29) is 10.1 Å². The summed E-state index contributed by atoms with van der Waals surface area (Å²) >= 11 is 2.25. The van der Waals surface area contributed by atoms with Crippen LogP contribution in [-0.4, -0.2) is 23.3 Å². The van der Waals surface area contributed by atoms with Gasteiger partial charge >= 0.3 is 0 Å². The van der Waals surface area contributed by atoms with Crippen molar-refractivity contribution in [3.05, 3.63) is 0 Å². The molecule has 1 aliphatic carbocycles. The number of methoxy groups -OCH3 is 1. The summed E-state index contributed by atoms with van der Waals surface area (Å²) in [6.45, 7) is 0. The van der Waals surface area contributed by atoms with Crippen LogP contribution in [0.2, 0.25) is 0 Å². The van der Waals surface area contributed by atoms with Crippen LogP contribution in [0.3, 0.4) is 0 Å². The third-order valence-electron chi connectivity index (χ3n) is 2.65. The molecule has 4 unspecified atom stereocenters. The maximum absolute atomic E-state index is 5.98. The van der Waals surface area contributed by atoms with Crippen molar-refractivity contribution in [3.8, 4) is 0 Å². The van der Waals surface area contributed by atoms with E-state index in [4.69, 9.17) is 16.2 Å². The van der Waals surface area contributed by atoms with Crippen molar-refractivity contribution < 1.29 is 4.74 Å². The molecule has 1 aliphatic rings. The van der Waals surface area contributed by atoms with Crippen molar-refractivity contribution in [2.24, 2.45) is 17.4 Å². The highest BCUT2D eigenvalue weighted by atomic mass is 127. The van der Waals surface area contributed by atoms with Crippen molar-refractivity contribution in [2.45, 2.75) is 35.5 Å². The van der Waals surface area contributed by atoms with Gasteiger partial charge in [-0.05, 0) is 25.2 Å². The Morgan fingerprint density at radius 1 is 1.50 bits per heavy atom. The summed E-state index contributed by atoms with van der Waals surface area (Å²) in [5, 5.41) is 0. The van der Waals surface area contributed by atoms with E-state index in [0.29, 0.717) is 12.0 Å². The van der Waals surface area contributed by atoms with Crippen LogP contribution < -0.4 is 11.5 Å². The van der Waals surface area contributed by atoms with Gasteiger partial charge in [0.2, 0.25) is 0 Å². The molecule has 0 radical (unpaired) electrons. The number of rotatable bonds is 2. The average Bonchev–Trinajstić information content (AvgIpc) is 2.03. The minimum atomic E-state index is 0.190. The van der Waals surface area contributed by atoms with Gasteiger partial charge in [-0.15, -0.1) is 0 Å². The zero-order valence-corrected chi connectivity index (χ0v) is 9.53. The van der Waals surface area contributed by atoms with Gasteiger partial charge < -0.3 is 16.2 Å². The van der Waals surface area contributed by atoms with Crippen molar-refractivity contribution >= 4 is 22.6 Å². The number of alkyl halides is 1. The van der Waals surface area contributed by atoms with Gasteiger partial charge in [0, 0.05) is 13.2 Å². The van der Waals surface area contributed by atoms with Crippen LogP contribution in [0, 0.1) is 5.92 Å². The molecule has 1 rings (SSSR count). The molecular formula is C8H17IN2O. The molecule has 1 saturated carbocycles. The normalized spacial score (nSPS) is 39.5. The smallest absolute Gasteiger partial charge is 0.0612 e. The van der Waals surface area contributed by atoms with Gasteiger partial charge in [-0.2, -0.15) is 0 Å². The summed E-state index contributed by atoms with van der Waals surface area (Å²) in [6.07, 6.45) is 3.51. The monoisotopic (exact) mass is 284 g/mol. The maximum atomic E-state index is 5.98. The fourth-order valence-corrected chi connectivity index (χ4v) is 2.69. The Morgan fingerprint density at radius 3 is 2.58 bits per heavy atom. The number of hydrogen-bond acceptors (Lipinski definition) is 3. The molecule has 0 aromatic heterocycles. The SMILES string of the molecule is COC1CCC(C(N)I)C(N)C1. The Balaban J connectivity index is 2.42. The minimum Gasteiger partial charge on any atom is -0.381 e. The second-order valence-electron chi connectivity index (χ2n) is 3.44. The van der Waals surface area contributed by atoms with Gasteiger partial charge in [-0.25, -0.2) is 0 Å². The summed E-state index contributed by atoms with van der Waals surface area (Å²) < 4.78 is 5.46. The summed E-state index contributed by atoms with van der Waals surface area (Å²) in [5.41, 5.74) is 11.8. The fraction of sp³-hybridized carbons (Fsp3) is 1.00. The number of nitrogens with two attached hydrogens (primary N) is 2. The lowest BCUT2D eigenvalue weighted by Crippen LogP contribution is -2.45. The highest BCUT2D eigenvalue weighted by Gasteiger charge is 2.30. The van der Waals surface area contributed by atoms with Crippen LogP contribution in [0.5, 0.6) is 0 Å². The van der Waals surface area contributed by atoms with Crippen molar-refractivity contribution in [3.63, 3.8) is 0 Å². The van der Waals surface area contributed by atoms with E-state index < -0.39 is 0 Å². The first-order valence-electron chi connectivity index (χ1n) is 4.33. The molecule has 12 heavy (non-hydrogen) atoms. The Bertz CT molecular complexity index is 143. The minimum absolute atomic E-state index is 0.190. The van der Waals surface area contributed by atoms with Gasteiger partial charge in [0.05, 0.1) is 10.2 Å². The van der Waals surface area contributed by atoms with Gasteiger partial charge in [0.1, 0.15) is 0 Å². The van der Waals surface area contributed by atoms with Crippen molar-refractivity contribution in [1.82, 2.24) is 0 Å². The summed E-state index contributed by atoms with van der Waals surface area (Å²) in [5.74, 6) is 0.469. The Morgan fingerprint density at radius 2 is 2.17 bits per heavy atom. The molecule has 0 aliphatic heterocycles. The lowest BCUT2D eigenvalue weighted by Gasteiger charge is -2.34. The molecule has 4 heteroatoms. The summed E-state index contributed by atoms with van der Waals surface area (Å²) in [7, 11) is 1.75. The molecule has 0 aromatic rings. The van der Waals surface area contributed by atoms with Crippen LogP contribution in [0.1, 0.15) is 19.3 Å². The average molecular weight is 284 g/mol. The van der Waals surface area contributed by atoms with E-state index in [1.54, 1.807) is 7.11 Å². The standard InChI is InChI=1S/C8H17IN2O/c1-12-5-2-3-6(8(9)11)7(10)4-5/h5-8H,2-4,10-11H2,1H3. The van der Waals surface area contributed by atoms with E-state index in [9.17, 15) is 0 Å². The van der Waals surface area contributed by atoms with E-state index in [1.165, 1.54) is 0 Å². The molecule has 0 spiro atoms. The van der Waals surface area contributed by atoms with Gasteiger partial charge in [0.15, 0.2) is 0 Å². The fourth-order valence-electron chi connectivity index (χ4n) is 1.80. The van der Waals surface area contributed by atoms with Crippen LogP contribution in [0.4, 0.5) is 0 Å². The topological polar surface area (TPSA) is 61.3 Å². The highest BCUT2D eigenvalue weighted by molar-refractivity contribution is 14.1. The molecule has 0 bridgehead atoms. The van der Waals surface area contributed by atoms with Crippen LogP contribution in [-0.2, 0) is 4.74 Å². The molecule has 72 valence electrons. The van der Waals surface area contributed by atoms with E-state index in [0.717, 1.165) is 19.3 Å². The van der Waals surface area contributed by atoms with Crippen molar-refractivity contribution in [1.29, 1.82) is 0 Å². The number of halogens is 1.